The zero-order valence-corrected chi connectivity index (χ0v) is 20.0. The van der Waals surface area contributed by atoms with E-state index in [2.05, 4.69) is 29.5 Å². The summed E-state index contributed by atoms with van der Waals surface area (Å²) < 4.78 is 11.3. The van der Waals surface area contributed by atoms with Gasteiger partial charge in [-0.15, -0.1) is 24.0 Å². The SMILES string of the molecule is CCOCCCNC(=NCC(=O)N(C)C)NC1CCC(OC(C)C)CC1.I. The van der Waals surface area contributed by atoms with Gasteiger partial charge in [-0.2, -0.15) is 0 Å². The molecule has 1 aliphatic rings. The highest BCUT2D eigenvalue weighted by molar-refractivity contribution is 14.0. The number of nitrogens with one attached hydrogen (secondary N) is 2. The summed E-state index contributed by atoms with van der Waals surface area (Å²) >= 11 is 0. The van der Waals surface area contributed by atoms with Gasteiger partial charge in [0.2, 0.25) is 5.91 Å². The second kappa shape index (κ2) is 15.3. The molecule has 0 aromatic heterocycles. The Bertz CT molecular complexity index is 425. The summed E-state index contributed by atoms with van der Waals surface area (Å²) in [5.41, 5.74) is 0. The molecule has 1 fully saturated rings. The Morgan fingerprint density at radius 3 is 2.44 bits per heavy atom. The van der Waals surface area contributed by atoms with Crippen molar-refractivity contribution in [2.24, 2.45) is 4.99 Å². The van der Waals surface area contributed by atoms with Crippen LogP contribution in [-0.4, -0.2) is 75.4 Å². The van der Waals surface area contributed by atoms with E-state index in [1.807, 2.05) is 6.92 Å². The minimum absolute atomic E-state index is 0. The van der Waals surface area contributed by atoms with Crippen LogP contribution in [0.15, 0.2) is 4.99 Å². The molecule has 0 heterocycles. The van der Waals surface area contributed by atoms with Crippen molar-refractivity contribution in [3.63, 3.8) is 0 Å². The number of carbonyl (C=O) groups excluding carboxylic acids is 1. The average Bonchev–Trinajstić information content (AvgIpc) is 2.60. The topological polar surface area (TPSA) is 75.2 Å². The summed E-state index contributed by atoms with van der Waals surface area (Å²) in [6, 6.07) is 0.370. The molecular weight excluding hydrogens is 459 g/mol. The zero-order valence-electron chi connectivity index (χ0n) is 17.6. The molecule has 160 valence electrons. The van der Waals surface area contributed by atoms with Gasteiger partial charge in [-0.3, -0.25) is 4.79 Å². The van der Waals surface area contributed by atoms with Crippen LogP contribution in [0.25, 0.3) is 0 Å². The Labute approximate surface area is 182 Å². The van der Waals surface area contributed by atoms with Gasteiger partial charge in [0.15, 0.2) is 5.96 Å². The van der Waals surface area contributed by atoms with Gasteiger partial charge in [-0.1, -0.05) is 0 Å². The van der Waals surface area contributed by atoms with Gasteiger partial charge >= 0.3 is 0 Å². The predicted molar refractivity (Wildman–Crippen MR) is 121 cm³/mol. The molecule has 27 heavy (non-hydrogen) atoms. The number of hydrogen-bond acceptors (Lipinski definition) is 4. The lowest BCUT2D eigenvalue weighted by Gasteiger charge is -2.31. The van der Waals surface area contributed by atoms with Crippen molar-refractivity contribution in [3.05, 3.63) is 0 Å². The van der Waals surface area contributed by atoms with E-state index < -0.39 is 0 Å². The molecule has 0 aromatic rings. The number of likely N-dealkylation sites (N-methyl/N-ethyl adjacent to an activating group) is 1. The van der Waals surface area contributed by atoms with E-state index in [-0.39, 0.29) is 42.5 Å². The number of hydrogen-bond donors (Lipinski definition) is 2. The van der Waals surface area contributed by atoms with Crippen molar-refractivity contribution in [1.82, 2.24) is 15.5 Å². The maximum Gasteiger partial charge on any atom is 0.243 e. The molecular formula is C19H39IN4O3. The second-order valence-corrected chi connectivity index (χ2v) is 7.23. The quantitative estimate of drug-likeness (QED) is 0.210. The number of aliphatic imine (C=N–C) groups is 1. The van der Waals surface area contributed by atoms with Crippen LogP contribution in [0.4, 0.5) is 0 Å². The third-order valence-electron chi connectivity index (χ3n) is 4.31. The molecule has 0 radical (unpaired) electrons. The number of guanidine groups is 1. The molecule has 0 saturated heterocycles. The first-order chi connectivity index (χ1) is 12.4. The lowest BCUT2D eigenvalue weighted by atomic mass is 9.93. The monoisotopic (exact) mass is 498 g/mol. The molecule has 0 spiro atoms. The highest BCUT2D eigenvalue weighted by atomic mass is 127. The van der Waals surface area contributed by atoms with Crippen molar-refractivity contribution in [2.45, 2.75) is 71.1 Å². The van der Waals surface area contributed by atoms with Crippen molar-refractivity contribution < 1.29 is 14.3 Å². The summed E-state index contributed by atoms with van der Waals surface area (Å²) in [5.74, 6) is 0.708. The number of ether oxygens (including phenoxy) is 2. The molecule has 8 heteroatoms. The summed E-state index contributed by atoms with van der Waals surface area (Å²) in [7, 11) is 3.49. The van der Waals surface area contributed by atoms with E-state index >= 15 is 0 Å². The van der Waals surface area contributed by atoms with E-state index in [9.17, 15) is 4.79 Å². The van der Waals surface area contributed by atoms with Crippen LogP contribution in [0, 0.1) is 0 Å². The number of nitrogens with zero attached hydrogens (tertiary/aromatic N) is 2. The Hall–Kier alpha value is -0.610. The third-order valence-corrected chi connectivity index (χ3v) is 4.31. The normalized spacial score (nSPS) is 20.1. The number of halogens is 1. The van der Waals surface area contributed by atoms with E-state index in [0.29, 0.717) is 18.1 Å². The fraction of sp³-hybridized carbons (Fsp3) is 0.895. The molecule has 7 nitrogen and oxygen atoms in total. The van der Waals surface area contributed by atoms with Gasteiger partial charge in [-0.25, -0.2) is 4.99 Å². The third kappa shape index (κ3) is 12.5. The maximum absolute atomic E-state index is 11.8. The smallest absolute Gasteiger partial charge is 0.243 e. The van der Waals surface area contributed by atoms with Crippen LogP contribution in [0.5, 0.6) is 0 Å². The fourth-order valence-electron chi connectivity index (χ4n) is 2.89. The number of carbonyl (C=O) groups is 1. The standard InChI is InChI=1S/C19H38N4O3.HI/c1-6-25-13-7-12-20-19(21-14-18(24)23(4)5)22-16-8-10-17(11-9-16)26-15(2)3;/h15-17H,6-14H2,1-5H3,(H2,20,21,22);1H. The first kappa shape index (κ1) is 26.4. The molecule has 1 saturated carbocycles. The van der Waals surface area contributed by atoms with Crippen LogP contribution in [0.2, 0.25) is 0 Å². The lowest BCUT2D eigenvalue weighted by molar-refractivity contribution is -0.127. The number of amides is 1. The van der Waals surface area contributed by atoms with Crippen molar-refractivity contribution in [2.75, 3.05) is 40.4 Å². The average molecular weight is 498 g/mol. The number of rotatable bonds is 10. The highest BCUT2D eigenvalue weighted by Gasteiger charge is 2.23. The van der Waals surface area contributed by atoms with Crippen LogP contribution < -0.4 is 10.6 Å². The minimum atomic E-state index is -0.00513. The summed E-state index contributed by atoms with van der Waals surface area (Å²) in [6.45, 7) is 8.55. The maximum atomic E-state index is 11.8. The molecule has 1 amide bonds. The Kier molecular flexibility index (Phi) is 15.0. The van der Waals surface area contributed by atoms with Gasteiger partial charge in [-0.05, 0) is 52.9 Å². The van der Waals surface area contributed by atoms with E-state index in [1.165, 1.54) is 0 Å². The second-order valence-electron chi connectivity index (χ2n) is 7.23. The molecule has 0 atom stereocenters. The zero-order chi connectivity index (χ0) is 19.4. The van der Waals surface area contributed by atoms with Crippen molar-refractivity contribution in [3.8, 4) is 0 Å². The molecule has 0 unspecified atom stereocenters. The van der Waals surface area contributed by atoms with Gasteiger partial charge in [0, 0.05) is 39.9 Å². The summed E-state index contributed by atoms with van der Waals surface area (Å²) in [4.78, 5) is 17.8. The van der Waals surface area contributed by atoms with Crippen LogP contribution in [0.1, 0.15) is 52.9 Å². The van der Waals surface area contributed by atoms with Gasteiger partial charge in [0.05, 0.1) is 12.2 Å². The summed E-state index contributed by atoms with van der Waals surface area (Å²) in [5, 5.41) is 6.81. The molecule has 1 rings (SSSR count). The molecule has 1 aliphatic carbocycles. The van der Waals surface area contributed by atoms with E-state index in [1.54, 1.807) is 19.0 Å². The van der Waals surface area contributed by atoms with E-state index in [4.69, 9.17) is 9.47 Å². The first-order valence-corrected chi connectivity index (χ1v) is 9.90. The highest BCUT2D eigenvalue weighted by Crippen LogP contribution is 2.22. The van der Waals surface area contributed by atoms with Gasteiger partial charge in [0.1, 0.15) is 6.54 Å². The Morgan fingerprint density at radius 1 is 1.22 bits per heavy atom. The fourth-order valence-corrected chi connectivity index (χ4v) is 2.89. The molecule has 0 bridgehead atoms. The lowest BCUT2D eigenvalue weighted by Crippen LogP contribution is -2.46. The van der Waals surface area contributed by atoms with Crippen molar-refractivity contribution in [1.29, 1.82) is 0 Å². The van der Waals surface area contributed by atoms with Gasteiger partial charge < -0.3 is 25.0 Å². The Balaban J connectivity index is 0.00000676. The molecule has 2 N–H and O–H groups in total. The van der Waals surface area contributed by atoms with Crippen molar-refractivity contribution >= 4 is 35.8 Å². The largest absolute Gasteiger partial charge is 0.382 e. The van der Waals surface area contributed by atoms with E-state index in [0.717, 1.165) is 51.9 Å². The molecule has 0 aromatic carbocycles. The Morgan fingerprint density at radius 2 is 1.89 bits per heavy atom. The van der Waals surface area contributed by atoms with Crippen LogP contribution in [0.3, 0.4) is 0 Å². The summed E-state index contributed by atoms with van der Waals surface area (Å²) in [6.07, 6.45) is 5.78. The predicted octanol–water partition coefficient (Wildman–Crippen LogP) is 2.39. The first-order valence-electron chi connectivity index (χ1n) is 9.90. The van der Waals surface area contributed by atoms with Crippen LogP contribution >= 0.6 is 24.0 Å². The minimum Gasteiger partial charge on any atom is -0.382 e. The van der Waals surface area contributed by atoms with Crippen LogP contribution in [-0.2, 0) is 14.3 Å². The molecule has 0 aliphatic heterocycles. The van der Waals surface area contributed by atoms with Gasteiger partial charge in [0.25, 0.3) is 0 Å².